The number of nitrogens with zero attached hydrogens (tertiary/aromatic N) is 1. The van der Waals surface area contributed by atoms with E-state index in [0.717, 1.165) is 0 Å². The van der Waals surface area contributed by atoms with Crippen molar-refractivity contribution in [3.05, 3.63) is 29.6 Å². The van der Waals surface area contributed by atoms with E-state index in [2.05, 4.69) is 0 Å². The van der Waals surface area contributed by atoms with E-state index in [9.17, 15) is 12.8 Å². The molecule has 0 amide bonds. The van der Waals surface area contributed by atoms with Crippen molar-refractivity contribution in [1.82, 2.24) is 0 Å². The minimum Gasteiger partial charge on any atom is -0.364 e. The van der Waals surface area contributed by atoms with Crippen molar-refractivity contribution in [2.45, 2.75) is 19.5 Å². The van der Waals surface area contributed by atoms with E-state index < -0.39 is 9.84 Å². The maximum Gasteiger partial charge on any atom is 0.154 e. The van der Waals surface area contributed by atoms with Gasteiger partial charge in [-0.3, -0.25) is 0 Å². The van der Waals surface area contributed by atoms with Gasteiger partial charge in [0.15, 0.2) is 9.84 Å². The summed E-state index contributed by atoms with van der Waals surface area (Å²) in [7, 11) is -3.00. The van der Waals surface area contributed by atoms with Gasteiger partial charge in [0.25, 0.3) is 0 Å². The van der Waals surface area contributed by atoms with Crippen LogP contribution >= 0.6 is 0 Å². The van der Waals surface area contributed by atoms with E-state index in [1.165, 1.54) is 6.07 Å². The van der Waals surface area contributed by atoms with Crippen molar-refractivity contribution < 1.29 is 12.8 Å². The first-order valence-corrected chi connectivity index (χ1v) is 7.71. The van der Waals surface area contributed by atoms with Crippen LogP contribution in [0.25, 0.3) is 0 Å². The highest BCUT2D eigenvalue weighted by Gasteiger charge is 2.30. The molecule has 1 unspecified atom stereocenters. The second-order valence-electron chi connectivity index (χ2n) is 4.61. The maximum atomic E-state index is 13.9. The van der Waals surface area contributed by atoms with Crippen molar-refractivity contribution in [2.24, 2.45) is 5.73 Å². The van der Waals surface area contributed by atoms with Crippen LogP contribution in [0.2, 0.25) is 0 Å². The van der Waals surface area contributed by atoms with Crippen molar-refractivity contribution >= 4 is 15.5 Å². The van der Waals surface area contributed by atoms with Gasteiger partial charge in [0, 0.05) is 19.1 Å². The molecule has 1 aliphatic rings. The molecule has 4 nitrogen and oxygen atoms in total. The molecule has 0 saturated carbocycles. The van der Waals surface area contributed by atoms with Gasteiger partial charge in [-0.1, -0.05) is 12.1 Å². The zero-order chi connectivity index (χ0) is 13.3. The van der Waals surface area contributed by atoms with E-state index in [4.69, 9.17) is 5.73 Å². The fourth-order valence-corrected chi connectivity index (χ4v) is 3.93. The normalized spacial score (nSPS) is 23.1. The zero-order valence-electron chi connectivity index (χ0n) is 10.3. The summed E-state index contributed by atoms with van der Waals surface area (Å²) in [6.07, 6.45) is 0. The van der Waals surface area contributed by atoms with Crippen molar-refractivity contribution in [3.63, 3.8) is 0 Å². The molecule has 0 spiro atoms. The number of para-hydroxylation sites is 1. The summed E-state index contributed by atoms with van der Waals surface area (Å²) in [4.78, 5) is 1.80. The van der Waals surface area contributed by atoms with Gasteiger partial charge < -0.3 is 10.6 Å². The number of sulfone groups is 1. The van der Waals surface area contributed by atoms with Crippen LogP contribution in [-0.2, 0) is 16.4 Å². The Balaban J connectivity index is 2.38. The largest absolute Gasteiger partial charge is 0.364 e. The highest BCUT2D eigenvalue weighted by Crippen LogP contribution is 2.28. The number of halogens is 1. The second kappa shape index (κ2) is 4.85. The standard InChI is InChI=1S/C12H17FN2O2S/c1-9-8-18(16,17)6-5-15(9)12-10(7-14)3-2-4-11(12)13/h2-4,9H,5-8,14H2,1H3. The van der Waals surface area contributed by atoms with Crippen LogP contribution in [0, 0.1) is 5.82 Å². The minimum absolute atomic E-state index is 0.0609. The third-order valence-electron chi connectivity index (χ3n) is 3.25. The van der Waals surface area contributed by atoms with Crippen molar-refractivity contribution in [2.75, 3.05) is 23.0 Å². The van der Waals surface area contributed by atoms with Crippen LogP contribution in [0.15, 0.2) is 18.2 Å². The Kier molecular flexibility index (Phi) is 3.59. The van der Waals surface area contributed by atoms with Gasteiger partial charge in [0.05, 0.1) is 17.2 Å². The molecule has 6 heteroatoms. The monoisotopic (exact) mass is 272 g/mol. The van der Waals surface area contributed by atoms with Crippen molar-refractivity contribution in [3.8, 4) is 0 Å². The summed E-state index contributed by atoms with van der Waals surface area (Å²) in [5, 5.41) is 0. The maximum absolute atomic E-state index is 13.9. The molecular formula is C12H17FN2O2S. The molecule has 1 aromatic rings. The molecule has 0 radical (unpaired) electrons. The Hall–Kier alpha value is -1.14. The highest BCUT2D eigenvalue weighted by atomic mass is 32.2. The Morgan fingerprint density at radius 1 is 1.50 bits per heavy atom. The Bertz CT molecular complexity index is 545. The number of hydrogen-bond donors (Lipinski definition) is 1. The minimum atomic E-state index is -3.00. The lowest BCUT2D eigenvalue weighted by Gasteiger charge is -2.36. The van der Waals surface area contributed by atoms with Crippen LogP contribution in [0.3, 0.4) is 0 Å². The quantitative estimate of drug-likeness (QED) is 0.869. The first-order valence-electron chi connectivity index (χ1n) is 5.89. The molecule has 1 fully saturated rings. The Labute approximate surface area is 107 Å². The number of benzene rings is 1. The predicted octanol–water partition coefficient (Wildman–Crippen LogP) is 0.908. The molecule has 0 bridgehead atoms. The SMILES string of the molecule is CC1CS(=O)(=O)CCN1c1c(F)cccc1CN. The topological polar surface area (TPSA) is 63.4 Å². The van der Waals surface area contributed by atoms with Gasteiger partial charge in [-0.25, -0.2) is 12.8 Å². The van der Waals surface area contributed by atoms with Crippen LogP contribution in [0.4, 0.5) is 10.1 Å². The molecule has 1 aliphatic heterocycles. The predicted molar refractivity (Wildman–Crippen MR) is 69.8 cm³/mol. The zero-order valence-corrected chi connectivity index (χ0v) is 11.1. The summed E-state index contributed by atoms with van der Waals surface area (Å²) >= 11 is 0. The fourth-order valence-electron chi connectivity index (χ4n) is 2.38. The fraction of sp³-hybridized carbons (Fsp3) is 0.500. The highest BCUT2D eigenvalue weighted by molar-refractivity contribution is 7.91. The summed E-state index contributed by atoms with van der Waals surface area (Å²) in [5.41, 5.74) is 6.77. The van der Waals surface area contributed by atoms with Gasteiger partial charge in [-0.05, 0) is 18.6 Å². The molecular weight excluding hydrogens is 255 g/mol. The van der Waals surface area contributed by atoms with Gasteiger partial charge in [-0.2, -0.15) is 0 Å². The van der Waals surface area contributed by atoms with Crippen LogP contribution in [0.5, 0.6) is 0 Å². The van der Waals surface area contributed by atoms with Crippen LogP contribution in [-0.4, -0.2) is 32.5 Å². The van der Waals surface area contributed by atoms with Gasteiger partial charge >= 0.3 is 0 Å². The van der Waals surface area contributed by atoms with Gasteiger partial charge in [0.1, 0.15) is 5.82 Å². The van der Waals surface area contributed by atoms with E-state index >= 15 is 0 Å². The first-order chi connectivity index (χ1) is 8.44. The average Bonchev–Trinajstić information content (AvgIpc) is 2.29. The van der Waals surface area contributed by atoms with E-state index in [0.29, 0.717) is 17.8 Å². The van der Waals surface area contributed by atoms with Gasteiger partial charge in [-0.15, -0.1) is 0 Å². The van der Waals surface area contributed by atoms with E-state index in [1.54, 1.807) is 24.0 Å². The van der Waals surface area contributed by atoms with Gasteiger partial charge in [0.2, 0.25) is 0 Å². The summed E-state index contributed by atoms with van der Waals surface area (Å²) in [5.74, 6) is -0.217. The third-order valence-corrected chi connectivity index (χ3v) is 5.04. The number of nitrogens with two attached hydrogens (primary N) is 1. The van der Waals surface area contributed by atoms with Crippen molar-refractivity contribution in [1.29, 1.82) is 0 Å². The number of anilines is 1. The molecule has 18 heavy (non-hydrogen) atoms. The number of rotatable bonds is 2. The Morgan fingerprint density at radius 2 is 2.22 bits per heavy atom. The average molecular weight is 272 g/mol. The number of hydrogen-bond acceptors (Lipinski definition) is 4. The third kappa shape index (κ3) is 2.49. The molecule has 1 heterocycles. The summed E-state index contributed by atoms with van der Waals surface area (Å²) < 4.78 is 37.0. The first kappa shape index (κ1) is 13.3. The summed E-state index contributed by atoms with van der Waals surface area (Å²) in [6, 6.07) is 4.54. The lowest BCUT2D eigenvalue weighted by Crippen LogP contribution is -2.47. The molecule has 0 aliphatic carbocycles. The second-order valence-corrected chi connectivity index (χ2v) is 6.84. The molecule has 100 valence electrons. The molecule has 1 saturated heterocycles. The molecule has 1 atom stereocenters. The van der Waals surface area contributed by atoms with Crippen LogP contribution in [0.1, 0.15) is 12.5 Å². The Morgan fingerprint density at radius 3 is 2.83 bits per heavy atom. The van der Waals surface area contributed by atoms with E-state index in [1.807, 2.05) is 0 Å². The molecule has 0 aromatic heterocycles. The smallest absolute Gasteiger partial charge is 0.154 e. The molecule has 2 N–H and O–H groups in total. The molecule has 2 rings (SSSR count). The lowest BCUT2D eigenvalue weighted by atomic mass is 10.1. The lowest BCUT2D eigenvalue weighted by molar-refractivity contribution is 0.557. The molecule has 1 aromatic carbocycles. The van der Waals surface area contributed by atoms with Crippen LogP contribution < -0.4 is 10.6 Å². The van der Waals surface area contributed by atoms with E-state index in [-0.39, 0.29) is 29.9 Å². The summed E-state index contributed by atoms with van der Waals surface area (Å²) in [6.45, 7) is 2.35.